The number of aliphatic hydroxyl groups is 6. The number of nitro groups is 1. The van der Waals surface area contributed by atoms with Crippen molar-refractivity contribution in [3.05, 3.63) is 34.4 Å². The lowest BCUT2D eigenvalue weighted by Crippen LogP contribution is -2.65. The third-order valence-corrected chi connectivity index (χ3v) is 6.37. The van der Waals surface area contributed by atoms with Crippen LogP contribution in [0.15, 0.2) is 24.3 Å². The molecule has 15 heteroatoms. The number of aliphatic hydroxyl groups excluding tert-OH is 6. The molecule has 15 nitrogen and oxygen atoms in total. The maximum Gasteiger partial charge on any atom is 0.269 e. The van der Waals surface area contributed by atoms with Crippen LogP contribution in [0.1, 0.15) is 19.3 Å². The van der Waals surface area contributed by atoms with Crippen LogP contribution in [-0.2, 0) is 18.9 Å². The Hall–Kier alpha value is -2.02. The van der Waals surface area contributed by atoms with Crippen LogP contribution in [0.4, 0.5) is 5.69 Å². The zero-order valence-corrected chi connectivity index (χ0v) is 20.6. The maximum atomic E-state index is 10.9. The molecule has 1 aromatic carbocycles. The van der Waals surface area contributed by atoms with Crippen LogP contribution in [0.2, 0.25) is 0 Å². The predicted molar refractivity (Wildman–Crippen MR) is 127 cm³/mol. The van der Waals surface area contributed by atoms with Gasteiger partial charge in [-0.3, -0.25) is 10.1 Å². The number of non-ortho nitro benzene ring substituents is 1. The van der Waals surface area contributed by atoms with E-state index >= 15 is 0 Å². The van der Waals surface area contributed by atoms with Crippen LogP contribution in [0.25, 0.3) is 0 Å². The Morgan fingerprint density at radius 3 is 2.16 bits per heavy atom. The lowest BCUT2D eigenvalue weighted by molar-refractivity contribution is -0.384. The molecule has 0 spiro atoms. The second-order valence-corrected chi connectivity index (χ2v) is 9.10. The minimum absolute atomic E-state index is 0.142. The summed E-state index contributed by atoms with van der Waals surface area (Å²) < 4.78 is 28.2. The third-order valence-electron chi connectivity index (χ3n) is 6.37. The summed E-state index contributed by atoms with van der Waals surface area (Å²) in [4.78, 5) is 10.3. The zero-order chi connectivity index (χ0) is 27.8. The summed E-state index contributed by atoms with van der Waals surface area (Å²) in [7, 11) is 0. The minimum Gasteiger partial charge on any atom is -0.491 e. The number of ether oxygens (including phenoxy) is 5. The first-order valence-electron chi connectivity index (χ1n) is 12.3. The van der Waals surface area contributed by atoms with Gasteiger partial charge >= 0.3 is 0 Å². The average Bonchev–Trinajstić information content (AvgIpc) is 2.91. The summed E-state index contributed by atoms with van der Waals surface area (Å²) in [5.41, 5.74) is 5.34. The number of nitro benzene ring substituents is 1. The van der Waals surface area contributed by atoms with Crippen molar-refractivity contribution in [3.63, 3.8) is 0 Å². The predicted octanol–water partition coefficient (Wildman–Crippen LogP) is -2.25. The lowest BCUT2D eigenvalue weighted by Gasteiger charge is -2.46. The van der Waals surface area contributed by atoms with E-state index in [1.54, 1.807) is 0 Å². The highest BCUT2D eigenvalue weighted by Gasteiger charge is 2.51. The van der Waals surface area contributed by atoms with Gasteiger partial charge in [0, 0.05) is 18.7 Å². The summed E-state index contributed by atoms with van der Waals surface area (Å²) in [6.45, 7) is -0.233. The van der Waals surface area contributed by atoms with Gasteiger partial charge in [-0.1, -0.05) is 0 Å². The molecule has 216 valence electrons. The van der Waals surface area contributed by atoms with Gasteiger partial charge in [-0.25, -0.2) is 0 Å². The fourth-order valence-electron chi connectivity index (χ4n) is 4.15. The van der Waals surface area contributed by atoms with Gasteiger partial charge in [-0.15, -0.1) is 0 Å². The van der Waals surface area contributed by atoms with E-state index in [1.807, 2.05) is 0 Å². The van der Waals surface area contributed by atoms with Crippen molar-refractivity contribution >= 4 is 5.69 Å². The Labute approximate surface area is 218 Å². The fourth-order valence-corrected chi connectivity index (χ4v) is 4.15. The smallest absolute Gasteiger partial charge is 0.269 e. The molecule has 4 unspecified atom stereocenters. The summed E-state index contributed by atoms with van der Waals surface area (Å²) in [6, 6.07) is 5.21. The molecule has 0 aromatic heterocycles. The average molecular weight is 549 g/mol. The first-order valence-corrected chi connectivity index (χ1v) is 12.3. The molecule has 2 saturated heterocycles. The molecule has 8 N–H and O–H groups in total. The van der Waals surface area contributed by atoms with Gasteiger partial charge in [-0.2, -0.15) is 0 Å². The number of benzene rings is 1. The molecule has 0 bridgehead atoms. The van der Waals surface area contributed by atoms with E-state index in [-0.39, 0.29) is 24.7 Å². The summed E-state index contributed by atoms with van der Waals surface area (Å²) in [5, 5.41) is 72.3. The largest absolute Gasteiger partial charge is 0.491 e. The van der Waals surface area contributed by atoms with Crippen LogP contribution >= 0.6 is 0 Å². The van der Waals surface area contributed by atoms with Gasteiger partial charge < -0.3 is 60.1 Å². The normalized spacial score (nSPS) is 35.7. The Balaban J connectivity index is 1.73. The highest BCUT2D eigenvalue weighted by Crippen LogP contribution is 2.30. The maximum absolute atomic E-state index is 10.9. The van der Waals surface area contributed by atoms with Crippen LogP contribution < -0.4 is 10.5 Å². The second kappa shape index (κ2) is 14.4. The number of rotatable bonds is 13. The Bertz CT molecular complexity index is 860. The Morgan fingerprint density at radius 2 is 1.53 bits per heavy atom. The fraction of sp³-hybridized carbons (Fsp3) is 0.739. The molecule has 2 aliphatic rings. The molecule has 2 heterocycles. The van der Waals surface area contributed by atoms with Crippen molar-refractivity contribution in [2.45, 2.75) is 80.7 Å². The monoisotopic (exact) mass is 548 g/mol. The SMILES string of the molecule is NCCCCCO[C@@H]1OC(COc2ccc([N+](=O)[O-])cc2)[C@@H](O[C@@H]2OC(CO)[C@H](O)[C@H](O)C2O)[C@H](O)C1O. The van der Waals surface area contributed by atoms with Gasteiger partial charge in [0.25, 0.3) is 5.69 Å². The Morgan fingerprint density at radius 1 is 0.868 bits per heavy atom. The molecule has 2 fully saturated rings. The molecule has 0 radical (unpaired) electrons. The van der Waals surface area contributed by atoms with Crippen molar-refractivity contribution < 1.29 is 59.2 Å². The van der Waals surface area contributed by atoms with Gasteiger partial charge in [0.2, 0.25) is 0 Å². The van der Waals surface area contributed by atoms with Gasteiger partial charge in [0.05, 0.1) is 11.5 Å². The molecule has 3 rings (SSSR count). The number of hydrogen-bond acceptors (Lipinski definition) is 14. The molecule has 1 aromatic rings. The van der Waals surface area contributed by atoms with E-state index in [1.165, 1.54) is 24.3 Å². The number of hydrogen-bond donors (Lipinski definition) is 7. The van der Waals surface area contributed by atoms with E-state index in [4.69, 9.17) is 29.4 Å². The van der Waals surface area contributed by atoms with Gasteiger partial charge in [-0.05, 0) is 37.9 Å². The first-order chi connectivity index (χ1) is 18.2. The van der Waals surface area contributed by atoms with E-state index < -0.39 is 72.9 Å². The highest BCUT2D eigenvalue weighted by atomic mass is 16.7. The van der Waals surface area contributed by atoms with Gasteiger partial charge in [0.1, 0.15) is 61.2 Å². The first kappa shape index (κ1) is 30.5. The van der Waals surface area contributed by atoms with Crippen LogP contribution in [-0.4, -0.2) is 123 Å². The zero-order valence-electron chi connectivity index (χ0n) is 20.6. The molecule has 0 saturated carbocycles. The van der Waals surface area contributed by atoms with Crippen molar-refractivity contribution in [1.29, 1.82) is 0 Å². The van der Waals surface area contributed by atoms with E-state index in [2.05, 4.69) is 0 Å². The number of nitrogens with zero attached hydrogens (tertiary/aromatic N) is 1. The third kappa shape index (κ3) is 7.55. The summed E-state index contributed by atoms with van der Waals surface area (Å²) in [6.07, 6.45) is -12.7. The van der Waals surface area contributed by atoms with Crippen molar-refractivity contribution in [2.24, 2.45) is 5.73 Å². The summed E-state index contributed by atoms with van der Waals surface area (Å²) >= 11 is 0. The molecule has 2 aliphatic heterocycles. The summed E-state index contributed by atoms with van der Waals surface area (Å²) in [5.74, 6) is 0.241. The molecular formula is C23H36N2O13. The molecular weight excluding hydrogens is 512 g/mol. The molecule has 10 atom stereocenters. The Kier molecular flexibility index (Phi) is 11.6. The number of unbranched alkanes of at least 4 members (excludes halogenated alkanes) is 2. The standard InChI is InChI=1S/C23H36N2O13/c24-8-2-1-3-9-34-22-20(31)18(29)21(38-23-19(30)17(28)16(27)14(10-26)36-23)15(37-22)11-35-13-6-4-12(5-7-13)25(32)33/h4-7,14-23,26-31H,1-3,8-11,24H2/t14?,15?,16-,17-,18+,19?,20?,21+,22+,23-/m0/s1. The van der Waals surface area contributed by atoms with Crippen molar-refractivity contribution in [1.82, 2.24) is 0 Å². The second-order valence-electron chi connectivity index (χ2n) is 9.10. The van der Waals surface area contributed by atoms with Crippen molar-refractivity contribution in [3.8, 4) is 5.75 Å². The number of nitrogens with two attached hydrogens (primary N) is 1. The van der Waals surface area contributed by atoms with Crippen LogP contribution in [0, 0.1) is 10.1 Å². The van der Waals surface area contributed by atoms with Gasteiger partial charge in [0.15, 0.2) is 12.6 Å². The van der Waals surface area contributed by atoms with Crippen LogP contribution in [0.3, 0.4) is 0 Å². The van der Waals surface area contributed by atoms with Crippen molar-refractivity contribution in [2.75, 3.05) is 26.4 Å². The van der Waals surface area contributed by atoms with E-state index in [0.717, 1.165) is 12.8 Å². The van der Waals surface area contributed by atoms with E-state index in [9.17, 15) is 40.8 Å². The molecule has 0 aliphatic carbocycles. The highest BCUT2D eigenvalue weighted by molar-refractivity contribution is 5.36. The lowest BCUT2D eigenvalue weighted by atomic mass is 9.97. The minimum atomic E-state index is -1.76. The van der Waals surface area contributed by atoms with Crippen LogP contribution in [0.5, 0.6) is 5.75 Å². The molecule has 0 amide bonds. The molecule has 38 heavy (non-hydrogen) atoms. The van der Waals surface area contributed by atoms with E-state index in [0.29, 0.717) is 13.0 Å². The quantitative estimate of drug-likeness (QED) is 0.0783. The topological polar surface area (TPSA) is 237 Å².